The van der Waals surface area contributed by atoms with Crippen LogP contribution in [0, 0.1) is 5.92 Å². The quantitative estimate of drug-likeness (QED) is 0.694. The Labute approximate surface area is 142 Å². The second-order valence-electron chi connectivity index (χ2n) is 7.62. The maximum absolute atomic E-state index is 12.2. The molecule has 23 heavy (non-hydrogen) atoms. The first-order valence-corrected chi connectivity index (χ1v) is 9.03. The van der Waals surface area contributed by atoms with Crippen LogP contribution in [0.1, 0.15) is 59.8 Å². The highest BCUT2D eigenvalue weighted by atomic mass is 16.6. The number of nitrogens with zero attached hydrogens (tertiary/aromatic N) is 1. The molecule has 0 aliphatic carbocycles. The number of rotatable bonds is 8. The molecule has 0 aromatic heterocycles. The van der Waals surface area contributed by atoms with Crippen molar-refractivity contribution in [2.24, 2.45) is 5.92 Å². The van der Waals surface area contributed by atoms with Crippen LogP contribution < -0.4 is 5.32 Å². The Bertz CT molecular complexity index is 342. The molecule has 0 spiro atoms. The number of piperidine rings is 1. The van der Waals surface area contributed by atoms with Gasteiger partial charge in [-0.2, -0.15) is 0 Å². The summed E-state index contributed by atoms with van der Waals surface area (Å²) in [4.78, 5) is 14.1. The van der Waals surface area contributed by atoms with Gasteiger partial charge in [-0.25, -0.2) is 4.79 Å². The van der Waals surface area contributed by atoms with Gasteiger partial charge in [-0.1, -0.05) is 0 Å². The van der Waals surface area contributed by atoms with Crippen LogP contribution in [0.5, 0.6) is 0 Å². The molecule has 0 aromatic rings. The van der Waals surface area contributed by atoms with Crippen LogP contribution in [-0.2, 0) is 9.47 Å². The van der Waals surface area contributed by atoms with E-state index in [1.807, 2.05) is 25.7 Å². The lowest BCUT2D eigenvalue weighted by atomic mass is 9.91. The molecule has 2 atom stereocenters. The molecule has 1 rings (SSSR count). The molecule has 1 N–H and O–H groups in total. The maximum atomic E-state index is 12.2. The zero-order valence-electron chi connectivity index (χ0n) is 15.7. The summed E-state index contributed by atoms with van der Waals surface area (Å²) < 4.78 is 10.6. The van der Waals surface area contributed by atoms with Gasteiger partial charge in [-0.15, -0.1) is 0 Å². The molecule has 0 aromatic carbocycles. The Hall–Kier alpha value is -0.810. The molecular weight excluding hydrogens is 292 g/mol. The van der Waals surface area contributed by atoms with Gasteiger partial charge < -0.3 is 19.7 Å². The smallest absolute Gasteiger partial charge is 0.410 e. The molecule has 1 amide bonds. The molecule has 136 valence electrons. The number of methoxy groups -OCH3 is 1. The Balaban J connectivity index is 2.29. The van der Waals surface area contributed by atoms with E-state index in [-0.39, 0.29) is 6.09 Å². The van der Waals surface area contributed by atoms with Crippen LogP contribution in [0.2, 0.25) is 0 Å². The standard InChI is InChI=1S/C18H36N2O3/c1-15(19-11-7-6-8-13-22-5)16-10-9-12-20(14-16)17(21)23-18(2,3)4/h15-16,19H,6-14H2,1-5H3. The summed E-state index contributed by atoms with van der Waals surface area (Å²) in [6.45, 7) is 11.5. The second kappa shape index (κ2) is 10.1. The zero-order chi connectivity index (χ0) is 17.3. The van der Waals surface area contributed by atoms with Crippen molar-refractivity contribution in [2.75, 3.05) is 33.4 Å². The minimum atomic E-state index is -0.421. The first kappa shape index (κ1) is 20.2. The predicted octanol–water partition coefficient (Wildman–Crippen LogP) is 3.43. The average Bonchev–Trinajstić information content (AvgIpc) is 2.49. The highest BCUT2D eigenvalue weighted by molar-refractivity contribution is 5.68. The van der Waals surface area contributed by atoms with Crippen molar-refractivity contribution >= 4 is 6.09 Å². The minimum Gasteiger partial charge on any atom is -0.444 e. The Morgan fingerprint density at radius 3 is 2.70 bits per heavy atom. The third-order valence-electron chi connectivity index (χ3n) is 4.31. The second-order valence-corrected chi connectivity index (χ2v) is 7.62. The number of unbranched alkanes of at least 4 members (excludes halogenated alkanes) is 2. The van der Waals surface area contributed by atoms with Crippen molar-refractivity contribution in [1.29, 1.82) is 0 Å². The first-order chi connectivity index (χ1) is 10.8. The molecular formula is C18H36N2O3. The lowest BCUT2D eigenvalue weighted by Crippen LogP contribution is -2.48. The summed E-state index contributed by atoms with van der Waals surface area (Å²) in [5, 5.41) is 3.62. The van der Waals surface area contributed by atoms with E-state index < -0.39 is 5.60 Å². The Morgan fingerprint density at radius 2 is 2.04 bits per heavy atom. The molecule has 1 saturated heterocycles. The molecule has 1 fully saturated rings. The molecule has 2 unspecified atom stereocenters. The molecule has 0 radical (unpaired) electrons. The summed E-state index contributed by atoms with van der Waals surface area (Å²) in [5.74, 6) is 0.509. The summed E-state index contributed by atoms with van der Waals surface area (Å²) in [7, 11) is 1.75. The van der Waals surface area contributed by atoms with Gasteiger partial charge in [0, 0.05) is 32.8 Å². The molecule has 1 heterocycles. The van der Waals surface area contributed by atoms with Crippen molar-refractivity contribution in [3.8, 4) is 0 Å². The number of likely N-dealkylation sites (tertiary alicyclic amines) is 1. The topological polar surface area (TPSA) is 50.8 Å². The molecule has 0 bridgehead atoms. The fraction of sp³-hybridized carbons (Fsp3) is 0.944. The van der Waals surface area contributed by atoms with Crippen molar-refractivity contribution in [2.45, 2.75) is 71.4 Å². The van der Waals surface area contributed by atoms with Crippen molar-refractivity contribution in [3.63, 3.8) is 0 Å². The van der Waals surface area contributed by atoms with Gasteiger partial charge in [-0.05, 0) is 72.3 Å². The van der Waals surface area contributed by atoms with E-state index in [4.69, 9.17) is 9.47 Å². The molecule has 1 aliphatic heterocycles. The summed E-state index contributed by atoms with van der Waals surface area (Å²) in [6.07, 6.45) is 5.57. The monoisotopic (exact) mass is 328 g/mol. The predicted molar refractivity (Wildman–Crippen MR) is 93.7 cm³/mol. The number of hydrogen-bond donors (Lipinski definition) is 1. The molecule has 5 nitrogen and oxygen atoms in total. The Kier molecular flexibility index (Phi) is 8.92. The number of amides is 1. The summed E-state index contributed by atoms with van der Waals surface area (Å²) >= 11 is 0. The zero-order valence-corrected chi connectivity index (χ0v) is 15.7. The minimum absolute atomic E-state index is 0.172. The largest absolute Gasteiger partial charge is 0.444 e. The number of ether oxygens (including phenoxy) is 2. The maximum Gasteiger partial charge on any atom is 0.410 e. The van der Waals surface area contributed by atoms with Gasteiger partial charge in [0.15, 0.2) is 0 Å². The van der Waals surface area contributed by atoms with Gasteiger partial charge in [0.05, 0.1) is 0 Å². The molecule has 1 aliphatic rings. The van der Waals surface area contributed by atoms with Crippen LogP contribution in [0.4, 0.5) is 4.79 Å². The molecule has 0 saturated carbocycles. The van der Waals surface area contributed by atoms with Crippen LogP contribution in [0.25, 0.3) is 0 Å². The van der Waals surface area contributed by atoms with E-state index in [2.05, 4.69) is 12.2 Å². The van der Waals surface area contributed by atoms with Gasteiger partial charge in [0.2, 0.25) is 0 Å². The normalized spacial score (nSPS) is 20.4. The SMILES string of the molecule is COCCCCCNC(C)C1CCCN(C(=O)OC(C)(C)C)C1. The van der Waals surface area contributed by atoms with E-state index >= 15 is 0 Å². The van der Waals surface area contributed by atoms with Crippen molar-refractivity contribution in [3.05, 3.63) is 0 Å². The lowest BCUT2D eigenvalue weighted by Gasteiger charge is -2.36. The summed E-state index contributed by atoms with van der Waals surface area (Å²) in [5.41, 5.74) is -0.421. The third-order valence-corrected chi connectivity index (χ3v) is 4.31. The van der Waals surface area contributed by atoms with E-state index in [0.717, 1.165) is 39.1 Å². The van der Waals surface area contributed by atoms with Crippen LogP contribution in [0.15, 0.2) is 0 Å². The van der Waals surface area contributed by atoms with Crippen LogP contribution in [-0.4, -0.2) is 56.0 Å². The number of carbonyl (C=O) groups is 1. The van der Waals surface area contributed by atoms with Gasteiger partial charge in [0.25, 0.3) is 0 Å². The van der Waals surface area contributed by atoms with Crippen LogP contribution >= 0.6 is 0 Å². The lowest BCUT2D eigenvalue weighted by molar-refractivity contribution is 0.0148. The van der Waals surface area contributed by atoms with E-state index in [1.54, 1.807) is 7.11 Å². The number of hydrogen-bond acceptors (Lipinski definition) is 4. The van der Waals surface area contributed by atoms with Gasteiger partial charge in [0.1, 0.15) is 5.60 Å². The average molecular weight is 328 g/mol. The van der Waals surface area contributed by atoms with Crippen molar-refractivity contribution < 1.29 is 14.3 Å². The van der Waals surface area contributed by atoms with Gasteiger partial charge in [-0.3, -0.25) is 0 Å². The first-order valence-electron chi connectivity index (χ1n) is 9.03. The number of nitrogens with one attached hydrogen (secondary N) is 1. The van der Waals surface area contributed by atoms with Crippen molar-refractivity contribution in [1.82, 2.24) is 10.2 Å². The number of carbonyl (C=O) groups excluding carboxylic acids is 1. The third kappa shape index (κ3) is 8.56. The fourth-order valence-electron chi connectivity index (χ4n) is 2.95. The van der Waals surface area contributed by atoms with Crippen LogP contribution in [0.3, 0.4) is 0 Å². The highest BCUT2D eigenvalue weighted by Gasteiger charge is 2.29. The van der Waals surface area contributed by atoms with E-state index in [0.29, 0.717) is 12.0 Å². The molecule has 5 heteroatoms. The van der Waals surface area contributed by atoms with E-state index in [9.17, 15) is 4.79 Å². The van der Waals surface area contributed by atoms with Gasteiger partial charge >= 0.3 is 6.09 Å². The summed E-state index contributed by atoms with van der Waals surface area (Å²) in [6, 6.07) is 0.433. The van der Waals surface area contributed by atoms with E-state index in [1.165, 1.54) is 19.3 Å². The highest BCUT2D eigenvalue weighted by Crippen LogP contribution is 2.22. The Morgan fingerprint density at radius 1 is 1.30 bits per heavy atom. The fourth-order valence-corrected chi connectivity index (χ4v) is 2.95.